The summed E-state index contributed by atoms with van der Waals surface area (Å²) in [6.45, 7) is 2.80. The van der Waals surface area contributed by atoms with Gasteiger partial charge < -0.3 is 9.64 Å². The van der Waals surface area contributed by atoms with Crippen molar-refractivity contribution in [3.8, 4) is 0 Å². The number of rotatable bonds is 4. The second-order valence-electron chi connectivity index (χ2n) is 6.60. The molecule has 0 aromatic rings. The predicted octanol–water partition coefficient (Wildman–Crippen LogP) is 3.38. The first-order chi connectivity index (χ1) is 9.42. The summed E-state index contributed by atoms with van der Waals surface area (Å²) in [6.07, 6.45) is 6.73. The van der Waals surface area contributed by atoms with Gasteiger partial charge in [0.15, 0.2) is 0 Å². The van der Waals surface area contributed by atoms with Crippen LogP contribution in [0.1, 0.15) is 45.4 Å². The van der Waals surface area contributed by atoms with Gasteiger partial charge in [-0.25, -0.2) is 0 Å². The van der Waals surface area contributed by atoms with Crippen LogP contribution in [0.5, 0.6) is 0 Å². The van der Waals surface area contributed by atoms with E-state index < -0.39 is 4.33 Å². The molecule has 0 saturated heterocycles. The van der Waals surface area contributed by atoms with E-state index in [2.05, 4.69) is 0 Å². The number of ether oxygens (including phenoxy) is 1. The van der Waals surface area contributed by atoms with Crippen molar-refractivity contribution in [3.05, 3.63) is 0 Å². The maximum atomic E-state index is 12.5. The van der Waals surface area contributed by atoms with Crippen molar-refractivity contribution < 1.29 is 9.53 Å². The summed E-state index contributed by atoms with van der Waals surface area (Å²) >= 11 is 12.1. The third kappa shape index (κ3) is 2.17. The zero-order chi connectivity index (χ0) is 14.5. The van der Waals surface area contributed by atoms with E-state index in [1.807, 2.05) is 18.9 Å². The molecule has 3 atom stereocenters. The fourth-order valence-corrected chi connectivity index (χ4v) is 4.77. The van der Waals surface area contributed by atoms with Crippen LogP contribution in [-0.4, -0.2) is 40.9 Å². The Bertz CT molecular complexity index is 407. The SMILES string of the molecule is CCO[C@@H]1C[C@H](N(C)C(=O)[C@@H]2CC2(Cl)Cl)C12CCCC2. The first kappa shape index (κ1) is 14.9. The van der Waals surface area contributed by atoms with Crippen molar-refractivity contribution >= 4 is 29.1 Å². The quantitative estimate of drug-likeness (QED) is 0.743. The lowest BCUT2D eigenvalue weighted by molar-refractivity contribution is -0.173. The fraction of sp³-hybridized carbons (Fsp3) is 0.933. The lowest BCUT2D eigenvalue weighted by Crippen LogP contribution is -2.64. The molecule has 20 heavy (non-hydrogen) atoms. The summed E-state index contributed by atoms with van der Waals surface area (Å²) < 4.78 is 5.08. The molecular weight excluding hydrogens is 297 g/mol. The summed E-state index contributed by atoms with van der Waals surface area (Å²) in [7, 11) is 1.91. The minimum Gasteiger partial charge on any atom is -0.378 e. The van der Waals surface area contributed by atoms with Crippen molar-refractivity contribution in [1.29, 1.82) is 0 Å². The summed E-state index contributed by atoms with van der Waals surface area (Å²) in [4.78, 5) is 14.4. The van der Waals surface area contributed by atoms with Gasteiger partial charge in [-0.15, -0.1) is 23.2 Å². The number of alkyl halides is 2. The number of hydrogen-bond donors (Lipinski definition) is 0. The van der Waals surface area contributed by atoms with Crippen molar-refractivity contribution in [1.82, 2.24) is 4.90 Å². The van der Waals surface area contributed by atoms with E-state index in [9.17, 15) is 4.79 Å². The van der Waals surface area contributed by atoms with E-state index in [0.717, 1.165) is 13.0 Å². The molecule has 1 spiro atoms. The van der Waals surface area contributed by atoms with E-state index in [0.29, 0.717) is 18.6 Å². The maximum Gasteiger partial charge on any atom is 0.228 e. The molecule has 3 aliphatic carbocycles. The topological polar surface area (TPSA) is 29.5 Å². The van der Waals surface area contributed by atoms with Crippen LogP contribution < -0.4 is 0 Å². The van der Waals surface area contributed by atoms with Crippen molar-refractivity contribution in [2.75, 3.05) is 13.7 Å². The Kier molecular flexibility index (Phi) is 3.75. The van der Waals surface area contributed by atoms with Gasteiger partial charge in [0, 0.05) is 25.1 Å². The first-order valence-electron chi connectivity index (χ1n) is 7.68. The second-order valence-corrected chi connectivity index (χ2v) is 8.15. The van der Waals surface area contributed by atoms with Crippen LogP contribution >= 0.6 is 23.2 Å². The van der Waals surface area contributed by atoms with Crippen LogP contribution in [-0.2, 0) is 9.53 Å². The Morgan fingerprint density at radius 2 is 1.95 bits per heavy atom. The molecular formula is C15H23Cl2NO2. The molecule has 5 heteroatoms. The number of hydrogen-bond acceptors (Lipinski definition) is 2. The number of amides is 1. The van der Waals surface area contributed by atoms with Gasteiger partial charge in [0.25, 0.3) is 0 Å². The van der Waals surface area contributed by atoms with Crippen molar-refractivity contribution in [2.45, 2.75) is 61.9 Å². The van der Waals surface area contributed by atoms with Crippen LogP contribution in [0.4, 0.5) is 0 Å². The lowest BCUT2D eigenvalue weighted by Gasteiger charge is -2.57. The smallest absolute Gasteiger partial charge is 0.228 e. The van der Waals surface area contributed by atoms with E-state index in [-0.39, 0.29) is 17.2 Å². The Labute approximate surface area is 130 Å². The summed E-state index contributed by atoms with van der Waals surface area (Å²) in [5.74, 6) is -0.0957. The monoisotopic (exact) mass is 319 g/mol. The molecule has 3 aliphatic rings. The van der Waals surface area contributed by atoms with E-state index in [4.69, 9.17) is 27.9 Å². The molecule has 0 aromatic carbocycles. The highest BCUT2D eigenvalue weighted by Gasteiger charge is 2.62. The molecule has 3 fully saturated rings. The molecule has 0 N–H and O–H groups in total. The van der Waals surface area contributed by atoms with Crippen LogP contribution in [0.25, 0.3) is 0 Å². The largest absolute Gasteiger partial charge is 0.378 e. The minimum absolute atomic E-state index is 0.112. The summed E-state index contributed by atoms with van der Waals surface area (Å²) in [5.41, 5.74) is 0.191. The van der Waals surface area contributed by atoms with Crippen molar-refractivity contribution in [3.63, 3.8) is 0 Å². The normalized spacial score (nSPS) is 36.7. The lowest BCUT2D eigenvalue weighted by atomic mass is 9.60. The Morgan fingerprint density at radius 3 is 2.45 bits per heavy atom. The third-order valence-electron chi connectivity index (χ3n) is 5.58. The highest BCUT2D eigenvalue weighted by molar-refractivity contribution is 6.52. The van der Waals surface area contributed by atoms with Crippen LogP contribution in [0.3, 0.4) is 0 Å². The van der Waals surface area contributed by atoms with Crippen LogP contribution in [0.2, 0.25) is 0 Å². The first-order valence-corrected chi connectivity index (χ1v) is 8.44. The van der Waals surface area contributed by atoms with Crippen LogP contribution in [0, 0.1) is 11.3 Å². The van der Waals surface area contributed by atoms with Gasteiger partial charge in [0.05, 0.1) is 12.0 Å². The van der Waals surface area contributed by atoms with Gasteiger partial charge in [-0.2, -0.15) is 0 Å². The molecule has 0 heterocycles. The Balaban J connectivity index is 1.69. The van der Waals surface area contributed by atoms with Crippen LogP contribution in [0.15, 0.2) is 0 Å². The van der Waals surface area contributed by atoms with Crippen molar-refractivity contribution in [2.24, 2.45) is 11.3 Å². The van der Waals surface area contributed by atoms with Gasteiger partial charge in [-0.05, 0) is 32.6 Å². The van der Waals surface area contributed by atoms with Gasteiger partial charge in [-0.3, -0.25) is 4.79 Å². The van der Waals surface area contributed by atoms with Gasteiger partial charge >= 0.3 is 0 Å². The molecule has 114 valence electrons. The number of carbonyl (C=O) groups excluding carboxylic acids is 1. The van der Waals surface area contributed by atoms with Gasteiger partial charge in [0.2, 0.25) is 5.91 Å². The molecule has 1 amide bonds. The van der Waals surface area contributed by atoms with Gasteiger partial charge in [0.1, 0.15) is 4.33 Å². The van der Waals surface area contributed by atoms with E-state index in [1.54, 1.807) is 0 Å². The molecule has 0 radical (unpaired) electrons. The minimum atomic E-state index is -0.822. The standard InChI is InChI=1S/C15H23Cl2NO2/c1-3-20-12-8-11(14(12)6-4-5-7-14)18(2)13(19)10-9-15(10,16)17/h10-12H,3-9H2,1-2H3/t10-,11-,12+/m0/s1. The average Bonchev–Trinajstić information content (AvgIpc) is 2.83. The Morgan fingerprint density at radius 1 is 1.35 bits per heavy atom. The molecule has 0 bridgehead atoms. The average molecular weight is 320 g/mol. The maximum absolute atomic E-state index is 12.5. The highest BCUT2D eigenvalue weighted by atomic mass is 35.5. The predicted molar refractivity (Wildman–Crippen MR) is 80.0 cm³/mol. The zero-order valence-corrected chi connectivity index (χ0v) is 13.7. The Hall–Kier alpha value is 0.01000. The molecule has 0 aromatic heterocycles. The molecule has 3 rings (SSSR count). The second kappa shape index (κ2) is 5.03. The molecule has 0 aliphatic heterocycles. The summed E-state index contributed by atoms with van der Waals surface area (Å²) in [5, 5.41) is 0. The number of carbonyl (C=O) groups is 1. The number of nitrogens with zero attached hydrogens (tertiary/aromatic N) is 1. The van der Waals surface area contributed by atoms with Gasteiger partial charge in [-0.1, -0.05) is 12.8 Å². The molecule has 0 unspecified atom stereocenters. The third-order valence-corrected chi connectivity index (χ3v) is 6.42. The van der Waals surface area contributed by atoms with E-state index in [1.165, 1.54) is 25.7 Å². The zero-order valence-electron chi connectivity index (χ0n) is 12.2. The van der Waals surface area contributed by atoms with E-state index >= 15 is 0 Å². The summed E-state index contributed by atoms with van der Waals surface area (Å²) in [6, 6.07) is 0.304. The highest BCUT2D eigenvalue weighted by Crippen LogP contribution is 2.58. The molecule has 3 nitrogen and oxygen atoms in total. The number of halogens is 2. The molecule has 3 saturated carbocycles. The fourth-order valence-electron chi connectivity index (χ4n) is 4.27.